The third-order valence-corrected chi connectivity index (χ3v) is 3.90. The number of amides is 1. The van der Waals surface area contributed by atoms with Gasteiger partial charge in [-0.1, -0.05) is 23.2 Å². The summed E-state index contributed by atoms with van der Waals surface area (Å²) in [6.07, 6.45) is 0.865. The molecule has 0 unspecified atom stereocenters. The van der Waals surface area contributed by atoms with Crippen LogP contribution in [0, 0.1) is 0 Å². The fourth-order valence-corrected chi connectivity index (χ4v) is 2.70. The van der Waals surface area contributed by atoms with E-state index in [2.05, 4.69) is 0 Å². The van der Waals surface area contributed by atoms with Crippen LogP contribution in [0.5, 0.6) is 0 Å². The molecule has 1 saturated heterocycles. The zero-order valence-electron chi connectivity index (χ0n) is 11.2. The van der Waals surface area contributed by atoms with Gasteiger partial charge < -0.3 is 4.90 Å². The number of carbonyl (C=O) groups excluding carboxylic acids is 2. The molecular weight excluding hydrogens is 299 g/mol. The van der Waals surface area contributed by atoms with Gasteiger partial charge in [0.05, 0.1) is 18.1 Å². The van der Waals surface area contributed by atoms with Crippen molar-refractivity contribution in [2.45, 2.75) is 6.42 Å². The molecule has 4 nitrogen and oxygen atoms in total. The zero-order chi connectivity index (χ0) is 14.7. The van der Waals surface area contributed by atoms with Crippen LogP contribution < -0.4 is 0 Å². The number of ketones is 1. The van der Waals surface area contributed by atoms with Gasteiger partial charge in [-0.2, -0.15) is 0 Å². The molecule has 1 heterocycles. The van der Waals surface area contributed by atoms with E-state index in [1.54, 1.807) is 30.1 Å². The standard InChI is InChI=1S/C14H16Cl2N2O2/c1-17-5-2-6-18(9-14(17)20)8-13(19)11-4-3-10(15)7-12(11)16/h3-4,7H,2,5-6,8-9H2,1H3. The van der Waals surface area contributed by atoms with Crippen LogP contribution in [0.25, 0.3) is 0 Å². The third-order valence-electron chi connectivity index (χ3n) is 3.35. The average Bonchev–Trinajstić information content (AvgIpc) is 2.51. The van der Waals surface area contributed by atoms with Crippen molar-refractivity contribution in [1.29, 1.82) is 0 Å². The molecule has 1 amide bonds. The van der Waals surface area contributed by atoms with Crippen LogP contribution in [0.15, 0.2) is 18.2 Å². The zero-order valence-corrected chi connectivity index (χ0v) is 12.7. The first kappa shape index (κ1) is 15.3. The molecule has 0 bridgehead atoms. The minimum atomic E-state index is -0.0935. The number of carbonyl (C=O) groups is 2. The number of halogens is 2. The average molecular weight is 315 g/mol. The predicted molar refractivity (Wildman–Crippen MR) is 79.5 cm³/mol. The summed E-state index contributed by atoms with van der Waals surface area (Å²) in [5.74, 6) is -0.0541. The number of hydrogen-bond donors (Lipinski definition) is 0. The van der Waals surface area contributed by atoms with Gasteiger partial charge in [-0.15, -0.1) is 0 Å². The quantitative estimate of drug-likeness (QED) is 0.804. The Morgan fingerprint density at radius 2 is 2.05 bits per heavy atom. The number of hydrogen-bond acceptors (Lipinski definition) is 3. The minimum Gasteiger partial charge on any atom is -0.345 e. The van der Waals surface area contributed by atoms with Gasteiger partial charge in [0.2, 0.25) is 5.91 Å². The molecule has 0 saturated carbocycles. The highest BCUT2D eigenvalue weighted by atomic mass is 35.5. The minimum absolute atomic E-state index is 0.0394. The summed E-state index contributed by atoms with van der Waals surface area (Å²) in [6, 6.07) is 4.82. The van der Waals surface area contributed by atoms with E-state index in [1.807, 2.05) is 4.90 Å². The first-order chi connectivity index (χ1) is 9.47. The van der Waals surface area contributed by atoms with Crippen LogP contribution >= 0.6 is 23.2 Å². The summed E-state index contributed by atoms with van der Waals surface area (Å²) in [5.41, 5.74) is 0.445. The van der Waals surface area contributed by atoms with Crippen molar-refractivity contribution >= 4 is 34.9 Å². The van der Waals surface area contributed by atoms with Gasteiger partial charge in [0.1, 0.15) is 0 Å². The molecule has 0 spiro atoms. The third kappa shape index (κ3) is 3.72. The van der Waals surface area contributed by atoms with Crippen LogP contribution in [0.3, 0.4) is 0 Å². The predicted octanol–water partition coefficient (Wildman–Crippen LogP) is 2.34. The van der Waals surface area contributed by atoms with Crippen molar-refractivity contribution in [1.82, 2.24) is 9.80 Å². The molecule has 20 heavy (non-hydrogen) atoms. The first-order valence-electron chi connectivity index (χ1n) is 6.42. The number of benzene rings is 1. The van der Waals surface area contributed by atoms with Gasteiger partial charge >= 0.3 is 0 Å². The van der Waals surface area contributed by atoms with Crippen molar-refractivity contribution in [3.05, 3.63) is 33.8 Å². The second-order valence-electron chi connectivity index (χ2n) is 4.93. The van der Waals surface area contributed by atoms with Gasteiger partial charge in [0.15, 0.2) is 5.78 Å². The van der Waals surface area contributed by atoms with Crippen LogP contribution in [-0.2, 0) is 4.79 Å². The van der Waals surface area contributed by atoms with E-state index in [0.717, 1.165) is 19.5 Å². The number of nitrogens with zero attached hydrogens (tertiary/aromatic N) is 2. The summed E-state index contributed by atoms with van der Waals surface area (Å²) < 4.78 is 0. The Hall–Kier alpha value is -1.10. The van der Waals surface area contributed by atoms with Gasteiger partial charge in [0.25, 0.3) is 0 Å². The Bertz CT molecular complexity index is 534. The maximum absolute atomic E-state index is 12.3. The fraction of sp³-hybridized carbons (Fsp3) is 0.429. The molecule has 108 valence electrons. The molecule has 6 heteroatoms. The number of likely N-dealkylation sites (N-methyl/N-ethyl adjacent to an activating group) is 1. The largest absolute Gasteiger partial charge is 0.345 e. The van der Waals surface area contributed by atoms with Crippen LogP contribution in [-0.4, -0.2) is 54.7 Å². The monoisotopic (exact) mass is 314 g/mol. The van der Waals surface area contributed by atoms with Crippen molar-refractivity contribution < 1.29 is 9.59 Å². The van der Waals surface area contributed by atoms with E-state index in [-0.39, 0.29) is 24.8 Å². The Morgan fingerprint density at radius 1 is 1.30 bits per heavy atom. The maximum Gasteiger partial charge on any atom is 0.236 e. The Morgan fingerprint density at radius 3 is 2.75 bits per heavy atom. The summed E-state index contributed by atoms with van der Waals surface area (Å²) in [5, 5.41) is 0.846. The van der Waals surface area contributed by atoms with Gasteiger partial charge in [-0.25, -0.2) is 0 Å². The molecule has 0 aliphatic carbocycles. The van der Waals surface area contributed by atoms with E-state index in [4.69, 9.17) is 23.2 Å². The molecule has 1 aliphatic heterocycles. The normalized spacial score (nSPS) is 17.1. The lowest BCUT2D eigenvalue weighted by Crippen LogP contribution is -2.37. The lowest BCUT2D eigenvalue weighted by Gasteiger charge is -2.18. The topological polar surface area (TPSA) is 40.6 Å². The molecule has 0 radical (unpaired) electrons. The second kappa shape index (κ2) is 6.57. The van der Waals surface area contributed by atoms with E-state index >= 15 is 0 Å². The molecule has 0 aromatic heterocycles. The van der Waals surface area contributed by atoms with Gasteiger partial charge in [0, 0.05) is 30.7 Å². The number of rotatable bonds is 3. The lowest BCUT2D eigenvalue weighted by atomic mass is 10.1. The van der Waals surface area contributed by atoms with Crippen molar-refractivity contribution in [3.63, 3.8) is 0 Å². The van der Waals surface area contributed by atoms with Crippen molar-refractivity contribution in [2.24, 2.45) is 0 Å². The smallest absolute Gasteiger partial charge is 0.236 e. The van der Waals surface area contributed by atoms with E-state index in [9.17, 15) is 9.59 Å². The van der Waals surface area contributed by atoms with Gasteiger partial charge in [-0.05, 0) is 24.6 Å². The Kier molecular flexibility index (Phi) is 5.02. The van der Waals surface area contributed by atoms with Crippen molar-refractivity contribution in [2.75, 3.05) is 33.2 Å². The van der Waals surface area contributed by atoms with Crippen LogP contribution in [0.4, 0.5) is 0 Å². The molecule has 1 aliphatic rings. The Labute approximate surface area is 128 Å². The highest BCUT2D eigenvalue weighted by Crippen LogP contribution is 2.21. The maximum atomic E-state index is 12.3. The SMILES string of the molecule is CN1CCCN(CC(=O)c2ccc(Cl)cc2Cl)CC1=O. The number of Topliss-reactive ketones (excluding diaryl/α,β-unsaturated/α-hetero) is 1. The van der Waals surface area contributed by atoms with Crippen molar-refractivity contribution in [3.8, 4) is 0 Å². The first-order valence-corrected chi connectivity index (χ1v) is 7.17. The Balaban J connectivity index is 2.05. The highest BCUT2D eigenvalue weighted by molar-refractivity contribution is 6.36. The fourth-order valence-electron chi connectivity index (χ4n) is 2.19. The summed E-state index contributed by atoms with van der Waals surface area (Å²) in [6.45, 7) is 1.92. The van der Waals surface area contributed by atoms with E-state index < -0.39 is 0 Å². The summed E-state index contributed by atoms with van der Waals surface area (Å²) >= 11 is 11.8. The molecule has 1 fully saturated rings. The molecule has 1 aromatic rings. The van der Waals surface area contributed by atoms with Crippen LogP contribution in [0.1, 0.15) is 16.8 Å². The molecule has 2 rings (SSSR count). The summed E-state index contributed by atoms with van der Waals surface area (Å²) in [4.78, 5) is 27.6. The van der Waals surface area contributed by atoms with E-state index in [1.165, 1.54) is 0 Å². The molecule has 0 atom stereocenters. The van der Waals surface area contributed by atoms with Crippen LogP contribution in [0.2, 0.25) is 10.0 Å². The molecule has 0 N–H and O–H groups in total. The molecular formula is C14H16Cl2N2O2. The highest BCUT2D eigenvalue weighted by Gasteiger charge is 2.22. The second-order valence-corrected chi connectivity index (χ2v) is 5.77. The lowest BCUT2D eigenvalue weighted by molar-refractivity contribution is -0.129. The molecule has 1 aromatic carbocycles. The summed E-state index contributed by atoms with van der Waals surface area (Å²) in [7, 11) is 1.78. The van der Waals surface area contributed by atoms with Gasteiger partial charge in [-0.3, -0.25) is 14.5 Å². The van der Waals surface area contributed by atoms with E-state index in [0.29, 0.717) is 15.6 Å².